The highest BCUT2D eigenvalue weighted by Gasteiger charge is 2.08. The lowest BCUT2D eigenvalue weighted by molar-refractivity contribution is 0.102. The highest BCUT2D eigenvalue weighted by Crippen LogP contribution is 2.09. The molecule has 0 spiro atoms. The lowest BCUT2D eigenvalue weighted by atomic mass is 10.2. The Labute approximate surface area is 118 Å². The van der Waals surface area contributed by atoms with Gasteiger partial charge in [0.25, 0.3) is 5.91 Å². The predicted octanol–water partition coefficient (Wildman–Crippen LogP) is 0.603. The molecule has 0 aliphatic carbocycles. The van der Waals surface area contributed by atoms with Crippen molar-refractivity contribution in [2.75, 3.05) is 5.32 Å². The average Bonchev–Trinajstić information content (AvgIpc) is 3.02. The SMILES string of the molecule is O=C(Nc1cc(-n2cccn2)ncn1)c1ccc(=O)[nH]c1. The molecule has 0 radical (unpaired) electrons. The molecule has 3 heterocycles. The van der Waals surface area contributed by atoms with Crippen molar-refractivity contribution in [2.45, 2.75) is 0 Å². The van der Waals surface area contributed by atoms with E-state index in [1.807, 2.05) is 0 Å². The highest BCUT2D eigenvalue weighted by atomic mass is 16.2. The van der Waals surface area contributed by atoms with Crippen LogP contribution >= 0.6 is 0 Å². The summed E-state index contributed by atoms with van der Waals surface area (Å²) in [6.07, 6.45) is 6.03. The van der Waals surface area contributed by atoms with Gasteiger partial charge in [0.2, 0.25) is 5.56 Å². The molecule has 0 bridgehead atoms. The smallest absolute Gasteiger partial charge is 0.258 e. The normalized spacial score (nSPS) is 10.3. The van der Waals surface area contributed by atoms with Gasteiger partial charge >= 0.3 is 0 Å². The van der Waals surface area contributed by atoms with E-state index in [4.69, 9.17) is 0 Å². The fourth-order valence-electron chi connectivity index (χ4n) is 1.69. The summed E-state index contributed by atoms with van der Waals surface area (Å²) in [4.78, 5) is 33.4. The van der Waals surface area contributed by atoms with Crippen molar-refractivity contribution in [3.63, 3.8) is 0 Å². The van der Waals surface area contributed by atoms with E-state index in [-0.39, 0.29) is 11.5 Å². The summed E-state index contributed by atoms with van der Waals surface area (Å²) in [5, 5.41) is 6.68. The maximum atomic E-state index is 12.0. The van der Waals surface area contributed by atoms with Gasteiger partial charge in [-0.15, -0.1) is 0 Å². The molecular formula is C13H10N6O2. The second-order valence-electron chi connectivity index (χ2n) is 4.11. The van der Waals surface area contributed by atoms with Crippen LogP contribution < -0.4 is 10.9 Å². The van der Waals surface area contributed by atoms with E-state index in [2.05, 4.69) is 25.4 Å². The lowest BCUT2D eigenvalue weighted by Gasteiger charge is -2.05. The van der Waals surface area contributed by atoms with Gasteiger partial charge in [0.1, 0.15) is 12.1 Å². The Morgan fingerprint density at radius 3 is 2.90 bits per heavy atom. The molecule has 3 rings (SSSR count). The summed E-state index contributed by atoms with van der Waals surface area (Å²) in [5.41, 5.74) is 0.0587. The van der Waals surface area contributed by atoms with Gasteiger partial charge in [-0.25, -0.2) is 14.6 Å². The lowest BCUT2D eigenvalue weighted by Crippen LogP contribution is -2.15. The van der Waals surface area contributed by atoms with Crippen molar-refractivity contribution >= 4 is 11.7 Å². The van der Waals surface area contributed by atoms with Crippen LogP contribution in [-0.4, -0.2) is 30.6 Å². The van der Waals surface area contributed by atoms with E-state index in [1.165, 1.54) is 24.7 Å². The van der Waals surface area contributed by atoms with E-state index < -0.39 is 0 Å². The van der Waals surface area contributed by atoms with Gasteiger partial charge < -0.3 is 10.3 Å². The van der Waals surface area contributed by atoms with Crippen molar-refractivity contribution in [3.8, 4) is 5.82 Å². The molecule has 0 aromatic carbocycles. The molecule has 21 heavy (non-hydrogen) atoms. The van der Waals surface area contributed by atoms with Crippen molar-refractivity contribution < 1.29 is 4.79 Å². The van der Waals surface area contributed by atoms with Crippen LogP contribution in [0.2, 0.25) is 0 Å². The number of nitrogens with zero attached hydrogens (tertiary/aromatic N) is 4. The quantitative estimate of drug-likeness (QED) is 0.732. The third-order valence-corrected chi connectivity index (χ3v) is 2.68. The molecule has 2 N–H and O–H groups in total. The van der Waals surface area contributed by atoms with E-state index in [0.29, 0.717) is 17.2 Å². The molecule has 8 nitrogen and oxygen atoms in total. The Kier molecular flexibility index (Phi) is 3.26. The van der Waals surface area contributed by atoms with Gasteiger partial charge in [-0.05, 0) is 12.1 Å². The molecule has 0 saturated carbocycles. The number of aromatic amines is 1. The first-order valence-corrected chi connectivity index (χ1v) is 6.04. The minimum absolute atomic E-state index is 0.269. The summed E-state index contributed by atoms with van der Waals surface area (Å²) >= 11 is 0. The molecule has 0 fully saturated rings. The van der Waals surface area contributed by atoms with Crippen molar-refractivity contribution in [2.24, 2.45) is 0 Å². The first-order chi connectivity index (χ1) is 10.2. The number of amides is 1. The number of pyridine rings is 1. The van der Waals surface area contributed by atoms with Crippen LogP contribution in [0.3, 0.4) is 0 Å². The molecule has 0 atom stereocenters. The maximum Gasteiger partial charge on any atom is 0.258 e. The average molecular weight is 282 g/mol. The van der Waals surface area contributed by atoms with Gasteiger partial charge in [-0.2, -0.15) is 5.10 Å². The number of nitrogens with one attached hydrogen (secondary N) is 2. The van der Waals surface area contributed by atoms with Gasteiger partial charge in [-0.1, -0.05) is 0 Å². The minimum atomic E-state index is -0.378. The number of anilines is 1. The molecule has 3 aromatic rings. The fraction of sp³-hybridized carbons (Fsp3) is 0. The van der Waals surface area contributed by atoms with Crippen LogP contribution in [0.4, 0.5) is 5.82 Å². The Morgan fingerprint density at radius 1 is 1.29 bits per heavy atom. The van der Waals surface area contributed by atoms with Crippen LogP contribution in [0.15, 0.2) is 54.0 Å². The molecular weight excluding hydrogens is 272 g/mol. The van der Waals surface area contributed by atoms with Gasteiger partial charge in [0.15, 0.2) is 5.82 Å². The van der Waals surface area contributed by atoms with Crippen LogP contribution in [0.25, 0.3) is 5.82 Å². The fourth-order valence-corrected chi connectivity index (χ4v) is 1.69. The largest absolute Gasteiger partial charge is 0.328 e. The molecule has 104 valence electrons. The number of hydrogen-bond donors (Lipinski definition) is 2. The van der Waals surface area contributed by atoms with E-state index in [0.717, 1.165) is 0 Å². The zero-order chi connectivity index (χ0) is 14.7. The van der Waals surface area contributed by atoms with Crippen LogP contribution in [0.1, 0.15) is 10.4 Å². The van der Waals surface area contributed by atoms with E-state index >= 15 is 0 Å². The summed E-state index contributed by atoms with van der Waals surface area (Å²) in [7, 11) is 0. The zero-order valence-electron chi connectivity index (χ0n) is 10.7. The van der Waals surface area contributed by atoms with E-state index in [9.17, 15) is 9.59 Å². The molecule has 0 aliphatic rings. The van der Waals surface area contributed by atoms with Gasteiger partial charge in [0, 0.05) is 30.7 Å². The van der Waals surface area contributed by atoms with Crippen LogP contribution in [-0.2, 0) is 0 Å². The number of H-pyrrole nitrogens is 1. The van der Waals surface area contributed by atoms with Crippen molar-refractivity contribution in [3.05, 3.63) is 65.1 Å². The maximum absolute atomic E-state index is 12.0. The summed E-state index contributed by atoms with van der Waals surface area (Å²) in [6.45, 7) is 0. The monoisotopic (exact) mass is 282 g/mol. The van der Waals surface area contributed by atoms with Gasteiger partial charge in [0.05, 0.1) is 5.56 Å². The second kappa shape index (κ2) is 5.37. The number of carbonyl (C=O) groups is 1. The third-order valence-electron chi connectivity index (χ3n) is 2.68. The minimum Gasteiger partial charge on any atom is -0.328 e. The Morgan fingerprint density at radius 2 is 2.19 bits per heavy atom. The highest BCUT2D eigenvalue weighted by molar-refractivity contribution is 6.03. The molecule has 8 heteroatoms. The summed E-state index contributed by atoms with van der Waals surface area (Å²) in [6, 6.07) is 6.07. The van der Waals surface area contributed by atoms with Crippen molar-refractivity contribution in [1.82, 2.24) is 24.7 Å². The standard InChI is InChI=1S/C13H10N6O2/c20-12-3-2-9(7-14-12)13(21)18-10-6-11(16-8-15-10)19-5-1-4-17-19/h1-8H,(H,14,20)(H,15,16,18,21). The number of hydrogen-bond acceptors (Lipinski definition) is 5. The topological polar surface area (TPSA) is 106 Å². The first-order valence-electron chi connectivity index (χ1n) is 6.04. The summed E-state index contributed by atoms with van der Waals surface area (Å²) < 4.78 is 1.55. The number of rotatable bonds is 3. The molecule has 1 amide bonds. The molecule has 3 aromatic heterocycles. The van der Waals surface area contributed by atoms with Crippen LogP contribution in [0, 0.1) is 0 Å². The Balaban J connectivity index is 1.82. The predicted molar refractivity (Wildman–Crippen MR) is 74.2 cm³/mol. The number of aromatic nitrogens is 5. The Bertz CT molecular complexity index is 804. The molecule has 0 unspecified atom stereocenters. The first kappa shape index (κ1) is 12.7. The molecule has 0 saturated heterocycles. The van der Waals surface area contributed by atoms with E-state index in [1.54, 1.807) is 29.2 Å². The van der Waals surface area contributed by atoms with Crippen molar-refractivity contribution in [1.29, 1.82) is 0 Å². The zero-order valence-corrected chi connectivity index (χ0v) is 10.7. The van der Waals surface area contributed by atoms with Gasteiger partial charge in [-0.3, -0.25) is 9.59 Å². The third kappa shape index (κ3) is 2.84. The second-order valence-corrected chi connectivity index (χ2v) is 4.11. The number of carbonyl (C=O) groups excluding carboxylic acids is 1. The summed E-state index contributed by atoms with van der Waals surface area (Å²) in [5.74, 6) is 0.495. The van der Waals surface area contributed by atoms with Crippen LogP contribution in [0.5, 0.6) is 0 Å². The molecule has 0 aliphatic heterocycles. The Hall–Kier alpha value is -3.29.